The van der Waals surface area contributed by atoms with Crippen molar-refractivity contribution < 1.29 is 9.13 Å². The molecule has 1 saturated heterocycles. The van der Waals surface area contributed by atoms with Crippen molar-refractivity contribution in [1.29, 1.82) is 0 Å². The lowest BCUT2D eigenvalue weighted by Gasteiger charge is -2.53. The van der Waals surface area contributed by atoms with Crippen molar-refractivity contribution in [3.63, 3.8) is 0 Å². The van der Waals surface area contributed by atoms with Crippen LogP contribution in [-0.2, 0) is 10.2 Å². The topological polar surface area (TPSA) is 35.2 Å². The van der Waals surface area contributed by atoms with Gasteiger partial charge in [-0.3, -0.25) is 0 Å². The van der Waals surface area contributed by atoms with E-state index in [2.05, 4.69) is 13.8 Å². The van der Waals surface area contributed by atoms with Crippen LogP contribution in [0.1, 0.15) is 25.8 Å². The van der Waals surface area contributed by atoms with Crippen LogP contribution in [0.5, 0.6) is 0 Å². The fourth-order valence-electron chi connectivity index (χ4n) is 2.62. The average Bonchev–Trinajstić information content (AvgIpc) is 2.18. The van der Waals surface area contributed by atoms with Crippen LogP contribution in [0, 0.1) is 11.2 Å². The van der Waals surface area contributed by atoms with Gasteiger partial charge in [-0.15, -0.1) is 0 Å². The summed E-state index contributed by atoms with van der Waals surface area (Å²) in [5.74, 6) is -0.194. The highest BCUT2D eigenvalue weighted by Gasteiger charge is 2.51. The molecule has 94 valence electrons. The van der Waals surface area contributed by atoms with Gasteiger partial charge in [-0.1, -0.05) is 26.0 Å². The molecule has 2 N–H and O–H groups in total. The molecule has 1 aromatic rings. The first-order chi connectivity index (χ1) is 8.02. The second kappa shape index (κ2) is 4.39. The van der Waals surface area contributed by atoms with Crippen LogP contribution in [0.25, 0.3) is 0 Å². The number of hydrogen-bond acceptors (Lipinski definition) is 2. The Labute approximate surface area is 102 Å². The van der Waals surface area contributed by atoms with Crippen LogP contribution in [0.15, 0.2) is 24.3 Å². The van der Waals surface area contributed by atoms with E-state index < -0.39 is 0 Å². The van der Waals surface area contributed by atoms with Gasteiger partial charge in [0.2, 0.25) is 0 Å². The summed E-state index contributed by atoms with van der Waals surface area (Å²) in [7, 11) is 0. The van der Waals surface area contributed by atoms with E-state index in [4.69, 9.17) is 10.5 Å². The molecule has 1 aliphatic rings. The standard InChI is InChI=1S/C14H20FNO/c1-13(2,7-8-16)14(9-17-10-14)11-3-5-12(15)6-4-11/h3-6H,7-10,16H2,1-2H3. The number of rotatable bonds is 4. The fraction of sp³-hybridized carbons (Fsp3) is 0.571. The molecule has 2 rings (SSSR count). The van der Waals surface area contributed by atoms with Crippen molar-refractivity contribution >= 4 is 0 Å². The van der Waals surface area contributed by atoms with Crippen molar-refractivity contribution in [3.8, 4) is 0 Å². The van der Waals surface area contributed by atoms with E-state index in [0.29, 0.717) is 19.8 Å². The van der Waals surface area contributed by atoms with E-state index in [9.17, 15) is 4.39 Å². The Kier molecular flexibility index (Phi) is 3.23. The number of benzene rings is 1. The second-order valence-corrected chi connectivity index (χ2v) is 5.50. The maximum atomic E-state index is 13.0. The molecule has 17 heavy (non-hydrogen) atoms. The lowest BCUT2D eigenvalue weighted by atomic mass is 9.59. The van der Waals surface area contributed by atoms with Crippen LogP contribution in [0.3, 0.4) is 0 Å². The minimum absolute atomic E-state index is 0.0138. The van der Waals surface area contributed by atoms with Gasteiger partial charge in [0.1, 0.15) is 5.82 Å². The van der Waals surface area contributed by atoms with E-state index >= 15 is 0 Å². The summed E-state index contributed by atoms with van der Waals surface area (Å²) in [5.41, 5.74) is 6.90. The molecule has 0 unspecified atom stereocenters. The molecule has 1 aromatic carbocycles. The van der Waals surface area contributed by atoms with E-state index in [1.54, 1.807) is 0 Å². The van der Waals surface area contributed by atoms with E-state index in [0.717, 1.165) is 12.0 Å². The van der Waals surface area contributed by atoms with E-state index in [-0.39, 0.29) is 16.6 Å². The SMILES string of the molecule is CC(C)(CCN)C1(c2ccc(F)cc2)COC1. The number of ether oxygens (including phenoxy) is 1. The minimum atomic E-state index is -0.194. The van der Waals surface area contributed by atoms with Crippen molar-refractivity contribution in [2.45, 2.75) is 25.7 Å². The minimum Gasteiger partial charge on any atom is -0.379 e. The Balaban J connectivity index is 2.34. The number of hydrogen-bond donors (Lipinski definition) is 1. The first-order valence-corrected chi connectivity index (χ1v) is 6.06. The van der Waals surface area contributed by atoms with Gasteiger partial charge in [0.25, 0.3) is 0 Å². The summed E-state index contributed by atoms with van der Waals surface area (Å²) in [6, 6.07) is 6.79. The highest BCUT2D eigenvalue weighted by molar-refractivity contribution is 5.31. The normalized spacial score (nSPS) is 18.8. The highest BCUT2D eigenvalue weighted by Crippen LogP contribution is 2.49. The van der Waals surface area contributed by atoms with Crippen LogP contribution >= 0.6 is 0 Å². The Morgan fingerprint density at radius 1 is 1.29 bits per heavy atom. The zero-order valence-corrected chi connectivity index (χ0v) is 10.5. The van der Waals surface area contributed by atoms with Crippen LogP contribution in [0.2, 0.25) is 0 Å². The lowest BCUT2D eigenvalue weighted by Crippen LogP contribution is -2.57. The monoisotopic (exact) mass is 237 g/mol. The fourth-order valence-corrected chi connectivity index (χ4v) is 2.62. The van der Waals surface area contributed by atoms with Gasteiger partial charge < -0.3 is 10.5 Å². The third kappa shape index (κ3) is 1.98. The van der Waals surface area contributed by atoms with Crippen molar-refractivity contribution in [3.05, 3.63) is 35.6 Å². The summed E-state index contributed by atoms with van der Waals surface area (Å²) >= 11 is 0. The summed E-state index contributed by atoms with van der Waals surface area (Å²) in [6.45, 7) is 6.49. The molecule has 3 heteroatoms. The van der Waals surface area contributed by atoms with Crippen molar-refractivity contribution in [2.24, 2.45) is 11.1 Å². The maximum absolute atomic E-state index is 13.0. The zero-order valence-electron chi connectivity index (χ0n) is 10.5. The smallest absolute Gasteiger partial charge is 0.123 e. The number of halogens is 1. The van der Waals surface area contributed by atoms with Gasteiger partial charge >= 0.3 is 0 Å². The Bertz CT molecular complexity index is 382. The average molecular weight is 237 g/mol. The van der Waals surface area contributed by atoms with Crippen molar-refractivity contribution in [2.75, 3.05) is 19.8 Å². The summed E-state index contributed by atoms with van der Waals surface area (Å²) in [4.78, 5) is 0. The van der Waals surface area contributed by atoms with Gasteiger partial charge in [0, 0.05) is 5.41 Å². The Morgan fingerprint density at radius 2 is 1.88 bits per heavy atom. The molecular weight excluding hydrogens is 217 g/mol. The quantitative estimate of drug-likeness (QED) is 0.873. The molecule has 0 atom stereocenters. The second-order valence-electron chi connectivity index (χ2n) is 5.50. The van der Waals surface area contributed by atoms with Gasteiger partial charge in [0.15, 0.2) is 0 Å². The molecule has 0 bridgehead atoms. The molecule has 2 nitrogen and oxygen atoms in total. The third-order valence-corrected chi connectivity index (χ3v) is 4.16. The Morgan fingerprint density at radius 3 is 2.29 bits per heavy atom. The zero-order chi connectivity index (χ0) is 12.5. The first kappa shape index (κ1) is 12.5. The van der Waals surface area contributed by atoms with E-state index in [1.807, 2.05) is 12.1 Å². The van der Waals surface area contributed by atoms with Crippen molar-refractivity contribution in [1.82, 2.24) is 0 Å². The molecule has 1 heterocycles. The third-order valence-electron chi connectivity index (χ3n) is 4.16. The summed E-state index contributed by atoms with van der Waals surface area (Å²) < 4.78 is 18.4. The number of nitrogens with two attached hydrogens (primary N) is 1. The molecule has 0 spiro atoms. The maximum Gasteiger partial charge on any atom is 0.123 e. The molecule has 0 aromatic heterocycles. The summed E-state index contributed by atoms with van der Waals surface area (Å²) in [5, 5.41) is 0. The molecule has 0 aliphatic carbocycles. The lowest BCUT2D eigenvalue weighted by molar-refractivity contribution is -0.121. The molecule has 0 saturated carbocycles. The first-order valence-electron chi connectivity index (χ1n) is 6.06. The molecule has 0 radical (unpaired) electrons. The molecule has 1 aliphatic heterocycles. The van der Waals surface area contributed by atoms with Gasteiger partial charge in [-0.05, 0) is 36.1 Å². The van der Waals surface area contributed by atoms with Crippen LogP contribution < -0.4 is 5.73 Å². The predicted molar refractivity (Wildman–Crippen MR) is 66.3 cm³/mol. The van der Waals surface area contributed by atoms with Gasteiger partial charge in [-0.2, -0.15) is 0 Å². The molecule has 1 fully saturated rings. The molecule has 0 amide bonds. The van der Waals surface area contributed by atoms with Crippen LogP contribution in [0.4, 0.5) is 4.39 Å². The largest absolute Gasteiger partial charge is 0.379 e. The molecular formula is C14H20FNO. The van der Waals surface area contributed by atoms with E-state index in [1.165, 1.54) is 12.1 Å². The summed E-state index contributed by atoms with van der Waals surface area (Å²) in [6.07, 6.45) is 0.938. The van der Waals surface area contributed by atoms with Gasteiger partial charge in [-0.25, -0.2) is 4.39 Å². The predicted octanol–water partition coefficient (Wildman–Crippen LogP) is 2.47. The van der Waals surface area contributed by atoms with Crippen LogP contribution in [-0.4, -0.2) is 19.8 Å². The highest BCUT2D eigenvalue weighted by atomic mass is 19.1. The van der Waals surface area contributed by atoms with Gasteiger partial charge in [0.05, 0.1) is 13.2 Å². The Hall–Kier alpha value is -0.930.